The Labute approximate surface area is 116 Å². The van der Waals surface area contributed by atoms with Gasteiger partial charge in [-0.2, -0.15) is 0 Å². The van der Waals surface area contributed by atoms with Crippen molar-refractivity contribution in [1.82, 2.24) is 9.88 Å². The molecular formula is C14H18N2O4. The molecule has 6 heteroatoms. The van der Waals surface area contributed by atoms with Crippen LogP contribution in [0.2, 0.25) is 0 Å². The van der Waals surface area contributed by atoms with Gasteiger partial charge in [-0.15, -0.1) is 0 Å². The molecule has 0 bridgehead atoms. The van der Waals surface area contributed by atoms with Crippen LogP contribution in [0.25, 0.3) is 0 Å². The van der Waals surface area contributed by atoms with Crippen LogP contribution >= 0.6 is 0 Å². The van der Waals surface area contributed by atoms with Crippen molar-refractivity contribution >= 4 is 11.9 Å². The van der Waals surface area contributed by atoms with Crippen molar-refractivity contribution in [2.24, 2.45) is 13.0 Å². The molecule has 1 aromatic heterocycles. The van der Waals surface area contributed by atoms with Gasteiger partial charge in [0.1, 0.15) is 0 Å². The largest absolute Gasteiger partial charge is 0.481 e. The monoisotopic (exact) mass is 278 g/mol. The number of carboxylic acids is 1. The number of nitrogens with zero attached hydrogens (tertiary/aromatic N) is 1. The van der Waals surface area contributed by atoms with Crippen molar-refractivity contribution in [1.29, 1.82) is 0 Å². The SMILES string of the molecule is Cn1ccc(C(=O)NC2CCCCC2C(=O)O)cc1=O. The van der Waals surface area contributed by atoms with Crippen LogP contribution in [0.3, 0.4) is 0 Å². The first-order valence-corrected chi connectivity index (χ1v) is 6.69. The topological polar surface area (TPSA) is 88.4 Å². The second kappa shape index (κ2) is 5.90. The molecule has 1 saturated carbocycles. The van der Waals surface area contributed by atoms with E-state index < -0.39 is 11.9 Å². The third-order valence-corrected chi connectivity index (χ3v) is 3.77. The minimum atomic E-state index is -0.876. The maximum atomic E-state index is 12.1. The Morgan fingerprint density at radius 3 is 2.70 bits per heavy atom. The van der Waals surface area contributed by atoms with Crippen LogP contribution in [0, 0.1) is 5.92 Å². The summed E-state index contributed by atoms with van der Waals surface area (Å²) in [4.78, 5) is 34.8. The number of rotatable bonds is 3. The van der Waals surface area contributed by atoms with Gasteiger partial charge in [-0.05, 0) is 18.9 Å². The normalized spacial score (nSPS) is 22.2. The third kappa shape index (κ3) is 3.07. The van der Waals surface area contributed by atoms with Crippen molar-refractivity contribution in [3.05, 3.63) is 34.2 Å². The lowest BCUT2D eigenvalue weighted by atomic mass is 9.84. The number of carbonyl (C=O) groups excluding carboxylic acids is 1. The van der Waals surface area contributed by atoms with E-state index in [0.717, 1.165) is 12.8 Å². The molecular weight excluding hydrogens is 260 g/mol. The lowest BCUT2D eigenvalue weighted by Crippen LogP contribution is -2.45. The quantitative estimate of drug-likeness (QED) is 0.854. The predicted octanol–water partition coefficient (Wildman–Crippen LogP) is 0.758. The van der Waals surface area contributed by atoms with Gasteiger partial charge in [0.25, 0.3) is 11.5 Å². The average Bonchev–Trinajstić information content (AvgIpc) is 2.42. The lowest BCUT2D eigenvalue weighted by Gasteiger charge is -2.29. The van der Waals surface area contributed by atoms with Gasteiger partial charge in [-0.1, -0.05) is 12.8 Å². The molecule has 1 aliphatic carbocycles. The maximum absolute atomic E-state index is 12.1. The number of aliphatic carboxylic acids is 1. The fraction of sp³-hybridized carbons (Fsp3) is 0.500. The number of aryl methyl sites for hydroxylation is 1. The van der Waals surface area contributed by atoms with E-state index >= 15 is 0 Å². The van der Waals surface area contributed by atoms with E-state index in [0.29, 0.717) is 12.8 Å². The Morgan fingerprint density at radius 1 is 1.35 bits per heavy atom. The first kappa shape index (κ1) is 14.3. The molecule has 2 atom stereocenters. The van der Waals surface area contributed by atoms with Gasteiger partial charge in [0.2, 0.25) is 0 Å². The van der Waals surface area contributed by atoms with Crippen LogP contribution in [0.1, 0.15) is 36.0 Å². The first-order chi connectivity index (χ1) is 9.49. The number of amides is 1. The van der Waals surface area contributed by atoms with Crippen molar-refractivity contribution in [2.75, 3.05) is 0 Å². The second-order valence-corrected chi connectivity index (χ2v) is 5.17. The number of aromatic nitrogens is 1. The van der Waals surface area contributed by atoms with Gasteiger partial charge in [-0.3, -0.25) is 14.4 Å². The van der Waals surface area contributed by atoms with Crippen molar-refractivity contribution < 1.29 is 14.7 Å². The summed E-state index contributed by atoms with van der Waals surface area (Å²) in [7, 11) is 1.60. The molecule has 0 aliphatic heterocycles. The van der Waals surface area contributed by atoms with E-state index in [1.165, 1.54) is 16.8 Å². The van der Waals surface area contributed by atoms with E-state index in [-0.39, 0.29) is 23.1 Å². The van der Waals surface area contributed by atoms with Gasteiger partial charge in [-0.25, -0.2) is 0 Å². The van der Waals surface area contributed by atoms with Gasteiger partial charge in [0.15, 0.2) is 0 Å². The predicted molar refractivity (Wildman–Crippen MR) is 72.5 cm³/mol. The van der Waals surface area contributed by atoms with Crippen LogP contribution in [-0.2, 0) is 11.8 Å². The Kier molecular flexibility index (Phi) is 4.22. The highest BCUT2D eigenvalue weighted by atomic mass is 16.4. The second-order valence-electron chi connectivity index (χ2n) is 5.17. The van der Waals surface area contributed by atoms with Gasteiger partial charge >= 0.3 is 5.97 Å². The van der Waals surface area contributed by atoms with E-state index in [1.807, 2.05) is 0 Å². The van der Waals surface area contributed by atoms with Gasteiger partial charge < -0.3 is 15.0 Å². The maximum Gasteiger partial charge on any atom is 0.308 e. The molecule has 0 radical (unpaired) electrons. The minimum absolute atomic E-state index is 0.266. The van der Waals surface area contributed by atoms with Crippen molar-refractivity contribution in [3.8, 4) is 0 Å². The van der Waals surface area contributed by atoms with E-state index in [9.17, 15) is 14.4 Å². The Balaban J connectivity index is 2.11. The van der Waals surface area contributed by atoms with Crippen molar-refractivity contribution in [3.63, 3.8) is 0 Å². The summed E-state index contributed by atoms with van der Waals surface area (Å²) in [6.45, 7) is 0. The fourth-order valence-electron chi connectivity index (χ4n) is 2.54. The zero-order valence-corrected chi connectivity index (χ0v) is 11.3. The van der Waals surface area contributed by atoms with Gasteiger partial charge in [0, 0.05) is 30.9 Å². The van der Waals surface area contributed by atoms with Gasteiger partial charge in [0.05, 0.1) is 5.92 Å². The molecule has 0 spiro atoms. The molecule has 1 aliphatic rings. The first-order valence-electron chi connectivity index (χ1n) is 6.69. The summed E-state index contributed by atoms with van der Waals surface area (Å²) in [5.74, 6) is -1.81. The summed E-state index contributed by atoms with van der Waals surface area (Å²) in [5, 5.41) is 11.9. The van der Waals surface area contributed by atoms with E-state index in [2.05, 4.69) is 5.32 Å². The van der Waals surface area contributed by atoms with E-state index in [1.54, 1.807) is 13.1 Å². The highest BCUT2D eigenvalue weighted by Gasteiger charge is 2.31. The Bertz CT molecular complexity index is 579. The van der Waals surface area contributed by atoms with E-state index in [4.69, 9.17) is 5.11 Å². The molecule has 108 valence electrons. The zero-order chi connectivity index (χ0) is 14.7. The number of carboxylic acid groups (broad SMARTS) is 1. The summed E-state index contributed by atoms with van der Waals surface area (Å²) in [6.07, 6.45) is 4.54. The molecule has 20 heavy (non-hydrogen) atoms. The molecule has 6 nitrogen and oxygen atoms in total. The standard InChI is InChI=1S/C14H18N2O4/c1-16-7-6-9(8-12(16)17)13(18)15-11-5-3-2-4-10(11)14(19)20/h6-8,10-11H,2-5H2,1H3,(H,15,18)(H,19,20). The molecule has 0 saturated heterocycles. The van der Waals surface area contributed by atoms with Crippen LogP contribution in [0.15, 0.2) is 23.1 Å². The summed E-state index contributed by atoms with van der Waals surface area (Å²) < 4.78 is 1.37. The van der Waals surface area contributed by atoms with Crippen LogP contribution < -0.4 is 10.9 Å². The molecule has 2 N–H and O–H groups in total. The smallest absolute Gasteiger partial charge is 0.308 e. The number of hydrogen-bond donors (Lipinski definition) is 2. The zero-order valence-electron chi connectivity index (χ0n) is 11.3. The molecule has 1 amide bonds. The summed E-state index contributed by atoms with van der Waals surface area (Å²) >= 11 is 0. The fourth-order valence-corrected chi connectivity index (χ4v) is 2.54. The minimum Gasteiger partial charge on any atom is -0.481 e. The number of hydrogen-bond acceptors (Lipinski definition) is 3. The molecule has 2 rings (SSSR count). The molecule has 2 unspecified atom stereocenters. The average molecular weight is 278 g/mol. The Morgan fingerprint density at radius 2 is 2.05 bits per heavy atom. The number of pyridine rings is 1. The van der Waals surface area contributed by atoms with Crippen LogP contribution in [0.5, 0.6) is 0 Å². The Hall–Kier alpha value is -2.11. The molecule has 1 fully saturated rings. The molecule has 1 heterocycles. The lowest BCUT2D eigenvalue weighted by molar-refractivity contribution is -0.143. The highest BCUT2D eigenvalue weighted by Crippen LogP contribution is 2.24. The third-order valence-electron chi connectivity index (χ3n) is 3.77. The number of nitrogens with one attached hydrogen (secondary N) is 1. The summed E-state index contributed by atoms with van der Waals surface area (Å²) in [5.41, 5.74) is -0.00103. The summed E-state index contributed by atoms with van der Waals surface area (Å²) in [6, 6.07) is 2.45. The highest BCUT2D eigenvalue weighted by molar-refractivity contribution is 5.94. The molecule has 0 aromatic carbocycles. The van der Waals surface area contributed by atoms with Crippen LogP contribution in [-0.4, -0.2) is 27.6 Å². The molecule has 1 aromatic rings. The van der Waals surface area contributed by atoms with Crippen molar-refractivity contribution in [2.45, 2.75) is 31.7 Å². The van der Waals surface area contributed by atoms with Crippen LogP contribution in [0.4, 0.5) is 0 Å². The number of carbonyl (C=O) groups is 2.